The molecule has 1 unspecified atom stereocenters. The van der Waals surface area contributed by atoms with Gasteiger partial charge in [-0.3, -0.25) is 9.69 Å². The lowest BCUT2D eigenvalue weighted by molar-refractivity contribution is -0.132. The summed E-state index contributed by atoms with van der Waals surface area (Å²) in [7, 11) is -3.36. The van der Waals surface area contributed by atoms with Crippen LogP contribution in [-0.2, 0) is 14.6 Å². The highest BCUT2D eigenvalue weighted by Gasteiger charge is 2.28. The first-order valence-corrected chi connectivity index (χ1v) is 10.3. The van der Waals surface area contributed by atoms with Gasteiger partial charge in [0.25, 0.3) is 0 Å². The van der Waals surface area contributed by atoms with E-state index >= 15 is 0 Å². The summed E-state index contributed by atoms with van der Waals surface area (Å²) in [5, 5.41) is 0. The normalized spacial score (nSPS) is 19.2. The van der Waals surface area contributed by atoms with Gasteiger partial charge in [0, 0.05) is 38.0 Å². The summed E-state index contributed by atoms with van der Waals surface area (Å²) in [6.07, 6.45) is 5.74. The fourth-order valence-corrected chi connectivity index (χ4v) is 4.06. The molecule has 1 aliphatic heterocycles. The number of nitrogens with zero attached hydrogens (tertiary/aromatic N) is 4. The van der Waals surface area contributed by atoms with Crippen molar-refractivity contribution in [3.8, 4) is 0 Å². The quantitative estimate of drug-likeness (QED) is 0.756. The zero-order valence-electron chi connectivity index (χ0n) is 14.6. The van der Waals surface area contributed by atoms with Crippen LogP contribution >= 0.6 is 0 Å². The lowest BCUT2D eigenvalue weighted by Crippen LogP contribution is -2.44. The third kappa shape index (κ3) is 4.51. The van der Waals surface area contributed by atoms with Crippen LogP contribution in [0.5, 0.6) is 0 Å². The van der Waals surface area contributed by atoms with Crippen LogP contribution in [0.15, 0.2) is 17.4 Å². The molecule has 1 atom stereocenters. The maximum Gasteiger partial charge on any atom is 0.236 e. The van der Waals surface area contributed by atoms with Crippen molar-refractivity contribution in [3.05, 3.63) is 18.2 Å². The minimum atomic E-state index is -3.36. The average Bonchev–Trinajstić information content (AvgIpc) is 2.55. The van der Waals surface area contributed by atoms with E-state index in [0.717, 1.165) is 19.4 Å². The van der Waals surface area contributed by atoms with Crippen LogP contribution < -0.4 is 0 Å². The predicted octanol–water partition coefficient (Wildman–Crippen LogP) is 0.928. The smallest absolute Gasteiger partial charge is 0.236 e. The Hall–Kier alpha value is -1.54. The molecule has 1 saturated heterocycles. The third-order valence-electron chi connectivity index (χ3n) is 4.47. The highest BCUT2D eigenvalue weighted by Crippen LogP contribution is 2.29. The van der Waals surface area contributed by atoms with Crippen LogP contribution in [0.3, 0.4) is 0 Å². The standard InChI is InChI=1S/C16H26N4O3S/c1-4-20(5-2)15(21)11-19-8-6-7-13(10-19)16-14(24(3,22)23)9-17-12-18-16/h9,12-13H,4-8,10-11H2,1-3H3. The number of hydrogen-bond acceptors (Lipinski definition) is 6. The van der Waals surface area contributed by atoms with Crippen LogP contribution in [0.1, 0.15) is 38.3 Å². The largest absolute Gasteiger partial charge is 0.342 e. The number of sulfone groups is 1. The number of piperidine rings is 1. The van der Waals surface area contributed by atoms with Crippen LogP contribution in [0.4, 0.5) is 0 Å². The van der Waals surface area contributed by atoms with Crippen molar-refractivity contribution in [2.45, 2.75) is 37.5 Å². The van der Waals surface area contributed by atoms with E-state index in [9.17, 15) is 13.2 Å². The minimum Gasteiger partial charge on any atom is -0.342 e. The number of rotatable bonds is 6. The van der Waals surface area contributed by atoms with Crippen molar-refractivity contribution in [2.24, 2.45) is 0 Å². The molecule has 0 spiro atoms. The molecule has 1 aliphatic rings. The van der Waals surface area contributed by atoms with Crippen molar-refractivity contribution in [2.75, 3.05) is 39.0 Å². The molecule has 1 fully saturated rings. The van der Waals surface area contributed by atoms with Crippen molar-refractivity contribution in [3.63, 3.8) is 0 Å². The lowest BCUT2D eigenvalue weighted by Gasteiger charge is -2.33. The highest BCUT2D eigenvalue weighted by molar-refractivity contribution is 7.90. The zero-order chi connectivity index (χ0) is 17.7. The molecule has 0 N–H and O–H groups in total. The molecule has 1 aromatic heterocycles. The summed E-state index contributed by atoms with van der Waals surface area (Å²) in [6, 6.07) is 0. The first kappa shape index (κ1) is 18.8. The van der Waals surface area contributed by atoms with E-state index in [0.29, 0.717) is 31.9 Å². The molecule has 1 amide bonds. The predicted molar refractivity (Wildman–Crippen MR) is 91.5 cm³/mol. The molecule has 24 heavy (non-hydrogen) atoms. The second-order valence-corrected chi connectivity index (χ2v) is 8.17. The Morgan fingerprint density at radius 1 is 1.38 bits per heavy atom. The fourth-order valence-electron chi connectivity index (χ4n) is 3.21. The van der Waals surface area contributed by atoms with Gasteiger partial charge >= 0.3 is 0 Å². The van der Waals surface area contributed by atoms with Gasteiger partial charge in [0.15, 0.2) is 9.84 Å². The maximum absolute atomic E-state index is 12.3. The summed E-state index contributed by atoms with van der Waals surface area (Å²) in [6.45, 7) is 7.22. The molecule has 0 aromatic carbocycles. The van der Waals surface area contributed by atoms with Crippen LogP contribution in [0, 0.1) is 0 Å². The summed E-state index contributed by atoms with van der Waals surface area (Å²) < 4.78 is 23.9. The number of aromatic nitrogens is 2. The first-order chi connectivity index (χ1) is 11.4. The van der Waals surface area contributed by atoms with Crippen LogP contribution in [-0.4, -0.2) is 73.1 Å². The monoisotopic (exact) mass is 354 g/mol. The van der Waals surface area contributed by atoms with Crippen molar-refractivity contribution in [1.82, 2.24) is 19.8 Å². The van der Waals surface area contributed by atoms with E-state index in [1.165, 1.54) is 18.8 Å². The van der Waals surface area contributed by atoms with Gasteiger partial charge in [-0.25, -0.2) is 18.4 Å². The van der Waals surface area contributed by atoms with Gasteiger partial charge in [-0.1, -0.05) is 0 Å². The third-order valence-corrected chi connectivity index (χ3v) is 5.59. The second kappa shape index (κ2) is 8.02. The van der Waals surface area contributed by atoms with Crippen molar-refractivity contribution < 1.29 is 13.2 Å². The SMILES string of the molecule is CCN(CC)C(=O)CN1CCCC(c2ncncc2S(C)(=O)=O)C1. The molecule has 2 heterocycles. The van der Waals surface area contributed by atoms with Gasteiger partial charge in [0.2, 0.25) is 5.91 Å². The molecule has 134 valence electrons. The Kier molecular flexibility index (Phi) is 6.28. The molecule has 0 bridgehead atoms. The Morgan fingerprint density at radius 3 is 2.71 bits per heavy atom. The Bertz CT molecular complexity index is 674. The number of carbonyl (C=O) groups excluding carboxylic acids is 1. The molecule has 7 nitrogen and oxygen atoms in total. The topological polar surface area (TPSA) is 83.5 Å². The lowest BCUT2D eigenvalue weighted by atomic mass is 9.94. The molecule has 0 aliphatic carbocycles. The molecular formula is C16H26N4O3S. The average molecular weight is 354 g/mol. The molecule has 0 radical (unpaired) electrons. The Balaban J connectivity index is 2.13. The highest BCUT2D eigenvalue weighted by atomic mass is 32.2. The summed E-state index contributed by atoms with van der Waals surface area (Å²) >= 11 is 0. The minimum absolute atomic E-state index is 0.0102. The van der Waals surface area contributed by atoms with E-state index in [2.05, 4.69) is 14.9 Å². The number of likely N-dealkylation sites (tertiary alicyclic amines) is 1. The Morgan fingerprint density at radius 2 is 2.08 bits per heavy atom. The number of hydrogen-bond donors (Lipinski definition) is 0. The van der Waals surface area contributed by atoms with Crippen LogP contribution in [0.2, 0.25) is 0 Å². The number of likely N-dealkylation sites (N-methyl/N-ethyl adjacent to an activating group) is 1. The molecular weight excluding hydrogens is 328 g/mol. The van der Waals surface area contributed by atoms with Gasteiger partial charge in [-0.15, -0.1) is 0 Å². The van der Waals surface area contributed by atoms with E-state index in [1.54, 1.807) is 0 Å². The van der Waals surface area contributed by atoms with Gasteiger partial charge in [-0.05, 0) is 33.2 Å². The van der Waals surface area contributed by atoms with Crippen LogP contribution in [0.25, 0.3) is 0 Å². The molecule has 8 heteroatoms. The van der Waals surface area contributed by atoms with Crippen molar-refractivity contribution in [1.29, 1.82) is 0 Å². The van der Waals surface area contributed by atoms with Gasteiger partial charge < -0.3 is 4.90 Å². The van der Waals surface area contributed by atoms with Gasteiger partial charge in [0.05, 0.1) is 12.2 Å². The molecule has 1 aromatic rings. The summed E-state index contributed by atoms with van der Waals surface area (Å²) in [5.74, 6) is 0.127. The number of amides is 1. The van der Waals surface area contributed by atoms with E-state index < -0.39 is 9.84 Å². The van der Waals surface area contributed by atoms with Gasteiger partial charge in [-0.2, -0.15) is 0 Å². The van der Waals surface area contributed by atoms with Gasteiger partial charge in [0.1, 0.15) is 11.2 Å². The van der Waals surface area contributed by atoms with E-state index in [-0.39, 0.29) is 16.7 Å². The van der Waals surface area contributed by atoms with Crippen molar-refractivity contribution >= 4 is 15.7 Å². The second-order valence-electron chi connectivity index (χ2n) is 6.18. The molecule has 2 rings (SSSR count). The summed E-state index contributed by atoms with van der Waals surface area (Å²) in [5.41, 5.74) is 0.576. The maximum atomic E-state index is 12.3. The summed E-state index contributed by atoms with van der Waals surface area (Å²) in [4.78, 5) is 24.5. The fraction of sp³-hybridized carbons (Fsp3) is 0.688. The van der Waals surface area contributed by atoms with E-state index in [1.807, 2.05) is 18.7 Å². The number of carbonyl (C=O) groups is 1. The first-order valence-electron chi connectivity index (χ1n) is 8.36. The Labute approximate surface area is 144 Å². The zero-order valence-corrected chi connectivity index (χ0v) is 15.4. The van der Waals surface area contributed by atoms with E-state index in [4.69, 9.17) is 0 Å². The molecule has 0 saturated carbocycles.